The molecule has 0 aliphatic rings. The maximum Gasteiger partial charge on any atom is 0.159 e. The molecule has 19 heavy (non-hydrogen) atoms. The lowest BCUT2D eigenvalue weighted by molar-refractivity contribution is 0.792. The van der Waals surface area contributed by atoms with Crippen LogP contribution in [0.25, 0.3) is 0 Å². The Morgan fingerprint density at radius 3 is 2.74 bits per heavy atom. The predicted octanol–water partition coefficient (Wildman–Crippen LogP) is 2.94. The number of halogens is 1. The third-order valence-electron chi connectivity index (χ3n) is 2.61. The molecule has 0 amide bonds. The van der Waals surface area contributed by atoms with Crippen LogP contribution in [-0.4, -0.2) is 16.0 Å². The minimum atomic E-state index is 0.273. The van der Waals surface area contributed by atoms with Crippen molar-refractivity contribution in [3.05, 3.63) is 32.7 Å². The smallest absolute Gasteiger partial charge is 0.159 e. The van der Waals surface area contributed by atoms with Crippen molar-refractivity contribution in [2.45, 2.75) is 26.3 Å². The average Bonchev–Trinajstić information content (AvgIpc) is 2.77. The van der Waals surface area contributed by atoms with Gasteiger partial charge in [-0.05, 0) is 41.9 Å². The Morgan fingerprint density at radius 2 is 2.11 bits per heavy atom. The van der Waals surface area contributed by atoms with Crippen LogP contribution in [0, 0.1) is 6.92 Å². The summed E-state index contributed by atoms with van der Waals surface area (Å²) in [6, 6.07) is 4.58. The van der Waals surface area contributed by atoms with Crippen LogP contribution >= 0.6 is 27.3 Å². The van der Waals surface area contributed by atoms with E-state index in [2.05, 4.69) is 62.6 Å². The van der Waals surface area contributed by atoms with Crippen LogP contribution in [0.5, 0.6) is 0 Å². The lowest BCUT2D eigenvalue weighted by atomic mass is 10.2. The van der Waals surface area contributed by atoms with E-state index < -0.39 is 0 Å². The number of anilines is 2. The summed E-state index contributed by atoms with van der Waals surface area (Å²) in [5, 5.41) is 3.36. The van der Waals surface area contributed by atoms with Crippen LogP contribution in [0.2, 0.25) is 0 Å². The minimum Gasteiger partial charge on any atom is -0.366 e. The molecule has 2 aromatic heterocycles. The Morgan fingerprint density at radius 1 is 1.37 bits per heavy atom. The Hall–Kier alpha value is -1.18. The van der Waals surface area contributed by atoms with E-state index in [4.69, 9.17) is 5.84 Å². The molecule has 4 N–H and O–H groups in total. The first-order chi connectivity index (χ1) is 9.10. The van der Waals surface area contributed by atoms with Gasteiger partial charge >= 0.3 is 0 Å². The number of nitrogens with two attached hydrogens (primary N) is 1. The molecule has 0 aromatic carbocycles. The topological polar surface area (TPSA) is 75.9 Å². The molecule has 7 heteroatoms. The monoisotopic (exact) mass is 341 g/mol. The number of hydrazine groups is 1. The highest BCUT2D eigenvalue weighted by molar-refractivity contribution is 9.10. The number of nitrogens with one attached hydrogen (secondary N) is 2. The fourth-order valence-electron chi connectivity index (χ4n) is 1.75. The van der Waals surface area contributed by atoms with E-state index in [1.807, 2.05) is 11.3 Å². The summed E-state index contributed by atoms with van der Waals surface area (Å²) in [5.74, 6) is 6.69. The van der Waals surface area contributed by atoms with Gasteiger partial charge in [-0.15, -0.1) is 11.3 Å². The second-order valence-corrected chi connectivity index (χ2v) is 6.46. The lowest BCUT2D eigenvalue weighted by Gasteiger charge is -2.15. The van der Waals surface area contributed by atoms with Gasteiger partial charge in [0, 0.05) is 22.2 Å². The standard InChI is InChI=1S/C12H16BrN5S/c1-7(5-9-4-3-8(2)19-9)17-11-10(13)12(18-14)16-6-15-11/h3-4,6-7H,5,14H2,1-2H3,(H2,15,16,17,18). The van der Waals surface area contributed by atoms with E-state index in [9.17, 15) is 0 Å². The molecule has 1 unspecified atom stereocenters. The lowest BCUT2D eigenvalue weighted by Crippen LogP contribution is -2.19. The number of aromatic nitrogens is 2. The van der Waals surface area contributed by atoms with Crippen molar-refractivity contribution >= 4 is 38.9 Å². The quantitative estimate of drug-likeness (QED) is 0.575. The molecule has 2 heterocycles. The second-order valence-electron chi connectivity index (χ2n) is 4.29. The normalized spacial score (nSPS) is 12.2. The number of nitrogen functional groups attached to an aromatic ring is 1. The van der Waals surface area contributed by atoms with Gasteiger partial charge in [0.25, 0.3) is 0 Å². The molecule has 0 fully saturated rings. The van der Waals surface area contributed by atoms with Crippen molar-refractivity contribution in [1.29, 1.82) is 0 Å². The van der Waals surface area contributed by atoms with Crippen molar-refractivity contribution in [3.63, 3.8) is 0 Å². The number of aryl methyl sites for hydroxylation is 1. The van der Waals surface area contributed by atoms with Crippen LogP contribution in [-0.2, 0) is 6.42 Å². The second kappa shape index (κ2) is 6.31. The van der Waals surface area contributed by atoms with Gasteiger partial charge < -0.3 is 10.7 Å². The van der Waals surface area contributed by atoms with E-state index in [1.165, 1.54) is 16.1 Å². The summed E-state index contributed by atoms with van der Waals surface area (Å²) < 4.78 is 0.742. The van der Waals surface area contributed by atoms with Crippen LogP contribution < -0.4 is 16.6 Å². The van der Waals surface area contributed by atoms with Crippen molar-refractivity contribution in [2.24, 2.45) is 5.84 Å². The zero-order valence-corrected chi connectivity index (χ0v) is 13.2. The van der Waals surface area contributed by atoms with Gasteiger partial charge in [-0.3, -0.25) is 0 Å². The van der Waals surface area contributed by atoms with Crippen molar-refractivity contribution < 1.29 is 0 Å². The molecule has 0 spiro atoms. The molecule has 0 radical (unpaired) electrons. The molecule has 0 saturated carbocycles. The zero-order chi connectivity index (χ0) is 13.8. The fourth-order valence-corrected chi connectivity index (χ4v) is 3.20. The Balaban J connectivity index is 2.04. The van der Waals surface area contributed by atoms with Crippen molar-refractivity contribution in [1.82, 2.24) is 9.97 Å². The summed E-state index contributed by atoms with van der Waals surface area (Å²) >= 11 is 5.25. The SMILES string of the molecule is Cc1ccc(CC(C)Nc2ncnc(NN)c2Br)s1. The predicted molar refractivity (Wildman–Crippen MR) is 83.4 cm³/mol. The average molecular weight is 342 g/mol. The number of nitrogens with zero attached hydrogens (tertiary/aromatic N) is 2. The number of hydrogen-bond donors (Lipinski definition) is 3. The van der Waals surface area contributed by atoms with Crippen LogP contribution in [0.15, 0.2) is 22.9 Å². The number of thiophene rings is 1. The van der Waals surface area contributed by atoms with Gasteiger partial charge in [0.05, 0.1) is 0 Å². The summed E-state index contributed by atoms with van der Waals surface area (Å²) in [5.41, 5.74) is 2.53. The molecule has 0 bridgehead atoms. The zero-order valence-electron chi connectivity index (χ0n) is 10.8. The molecule has 2 aromatic rings. The Bertz CT molecular complexity index is 557. The van der Waals surface area contributed by atoms with E-state index in [0.29, 0.717) is 5.82 Å². The third-order valence-corrected chi connectivity index (χ3v) is 4.39. The van der Waals surface area contributed by atoms with Gasteiger partial charge in [-0.1, -0.05) is 0 Å². The first-order valence-corrected chi connectivity index (χ1v) is 7.50. The summed E-state index contributed by atoms with van der Waals surface area (Å²) in [7, 11) is 0. The van der Waals surface area contributed by atoms with E-state index in [1.54, 1.807) is 0 Å². The fraction of sp³-hybridized carbons (Fsp3) is 0.333. The first-order valence-electron chi connectivity index (χ1n) is 5.89. The van der Waals surface area contributed by atoms with Gasteiger partial charge in [0.1, 0.15) is 16.6 Å². The summed E-state index contributed by atoms with van der Waals surface area (Å²) in [6.07, 6.45) is 2.44. The number of rotatable bonds is 5. The molecule has 102 valence electrons. The highest BCUT2D eigenvalue weighted by atomic mass is 79.9. The first kappa shape index (κ1) is 14.2. The van der Waals surface area contributed by atoms with Gasteiger partial charge in [-0.2, -0.15) is 0 Å². The largest absolute Gasteiger partial charge is 0.366 e. The van der Waals surface area contributed by atoms with Crippen molar-refractivity contribution in [2.75, 3.05) is 10.7 Å². The van der Waals surface area contributed by atoms with Gasteiger partial charge in [-0.25, -0.2) is 15.8 Å². The van der Waals surface area contributed by atoms with Gasteiger partial charge in [0.2, 0.25) is 0 Å². The van der Waals surface area contributed by atoms with E-state index in [0.717, 1.165) is 16.7 Å². The maximum absolute atomic E-state index is 5.38. The van der Waals surface area contributed by atoms with E-state index >= 15 is 0 Å². The Kier molecular flexibility index (Phi) is 4.73. The molecular formula is C12H16BrN5S. The van der Waals surface area contributed by atoms with Crippen LogP contribution in [0.4, 0.5) is 11.6 Å². The molecular weight excluding hydrogens is 326 g/mol. The molecule has 0 aliphatic carbocycles. The molecule has 5 nitrogen and oxygen atoms in total. The highest BCUT2D eigenvalue weighted by Gasteiger charge is 2.11. The molecule has 2 rings (SSSR count). The van der Waals surface area contributed by atoms with Crippen LogP contribution in [0.1, 0.15) is 16.7 Å². The summed E-state index contributed by atoms with van der Waals surface area (Å²) in [4.78, 5) is 10.9. The third kappa shape index (κ3) is 3.65. The minimum absolute atomic E-state index is 0.273. The van der Waals surface area contributed by atoms with Crippen molar-refractivity contribution in [3.8, 4) is 0 Å². The maximum atomic E-state index is 5.38. The molecule has 0 saturated heterocycles. The Labute approximate surface area is 124 Å². The van der Waals surface area contributed by atoms with Crippen LogP contribution in [0.3, 0.4) is 0 Å². The summed E-state index contributed by atoms with van der Waals surface area (Å²) in [6.45, 7) is 4.24. The van der Waals surface area contributed by atoms with E-state index in [-0.39, 0.29) is 6.04 Å². The van der Waals surface area contributed by atoms with Gasteiger partial charge in [0.15, 0.2) is 5.82 Å². The molecule has 1 atom stereocenters. The molecule has 0 aliphatic heterocycles. The number of hydrogen-bond acceptors (Lipinski definition) is 6. The highest BCUT2D eigenvalue weighted by Crippen LogP contribution is 2.27.